The minimum atomic E-state index is -4.01. The fourth-order valence-corrected chi connectivity index (χ4v) is 7.64. The molecule has 10 nitrogen and oxygen atoms in total. The summed E-state index contributed by atoms with van der Waals surface area (Å²) in [7, 11) is -0.0143. The molecule has 0 saturated heterocycles. The van der Waals surface area contributed by atoms with Gasteiger partial charge in [0.1, 0.15) is 0 Å². The minimum Gasteiger partial charge on any atom is -0.398 e. The highest BCUT2D eigenvalue weighted by molar-refractivity contribution is 7.89. The molecule has 0 aliphatic heterocycles. The van der Waals surface area contributed by atoms with Crippen LogP contribution in [0.2, 0.25) is 0 Å². The molecule has 0 spiro atoms. The van der Waals surface area contributed by atoms with Gasteiger partial charge in [-0.15, -0.1) is 0 Å². The van der Waals surface area contributed by atoms with Crippen LogP contribution in [0.1, 0.15) is 35.3 Å². The number of benzene rings is 3. The average Bonchev–Trinajstić information content (AvgIpc) is 3.40. The van der Waals surface area contributed by atoms with Crippen molar-refractivity contribution in [3.63, 3.8) is 0 Å². The lowest BCUT2D eigenvalue weighted by molar-refractivity contribution is 0.0775. The van der Waals surface area contributed by atoms with Crippen LogP contribution in [0.3, 0.4) is 0 Å². The number of fused-ring (bicyclic) bond motifs is 1. The van der Waals surface area contributed by atoms with Crippen LogP contribution >= 0.6 is 11.3 Å². The average molecular weight is 653 g/mol. The van der Waals surface area contributed by atoms with Gasteiger partial charge in [0.05, 0.1) is 27.3 Å². The maximum absolute atomic E-state index is 14.1. The summed E-state index contributed by atoms with van der Waals surface area (Å²) < 4.78 is 30.2. The van der Waals surface area contributed by atoms with Crippen molar-refractivity contribution in [2.45, 2.75) is 44.2 Å². The van der Waals surface area contributed by atoms with Gasteiger partial charge in [-0.25, -0.2) is 13.4 Å². The van der Waals surface area contributed by atoms with Gasteiger partial charge in [-0.1, -0.05) is 61.6 Å². The summed E-state index contributed by atoms with van der Waals surface area (Å²) in [5.74, 6) is -0.396. The Hall–Kier alpha value is -3.55. The minimum absolute atomic E-state index is 0.0104. The van der Waals surface area contributed by atoms with Gasteiger partial charge < -0.3 is 26.4 Å². The Morgan fingerprint density at radius 3 is 2.47 bits per heavy atom. The molecule has 4 aromatic rings. The number of aromatic nitrogens is 1. The molecule has 0 fully saturated rings. The first-order valence-electron chi connectivity index (χ1n) is 15.0. The predicted molar refractivity (Wildman–Crippen MR) is 183 cm³/mol. The summed E-state index contributed by atoms with van der Waals surface area (Å²) in [5.41, 5.74) is 9.19. The molecule has 1 aromatic heterocycles. The van der Waals surface area contributed by atoms with Crippen molar-refractivity contribution in [1.29, 1.82) is 0 Å². The number of aliphatic hydroxyl groups excluding tert-OH is 1. The summed E-state index contributed by atoms with van der Waals surface area (Å²) in [5, 5.41) is 18.6. The van der Waals surface area contributed by atoms with Crippen molar-refractivity contribution in [3.05, 3.63) is 83.4 Å². The smallest absolute Gasteiger partial charge is 0.251 e. The number of sulfonamides is 1. The zero-order valence-electron chi connectivity index (χ0n) is 26.5. The molecule has 0 radical (unpaired) electrons. The second kappa shape index (κ2) is 15.2. The highest BCUT2D eigenvalue weighted by atomic mass is 32.2. The third-order valence-electron chi connectivity index (χ3n) is 7.49. The Bertz CT molecular complexity index is 1690. The molecule has 4 rings (SSSR count). The Balaban J connectivity index is 1.60. The number of nitrogens with two attached hydrogens (primary N) is 1. The third-order valence-corrected chi connectivity index (χ3v) is 10.3. The van der Waals surface area contributed by atoms with Gasteiger partial charge in [-0.05, 0) is 74.8 Å². The second-order valence-electron chi connectivity index (χ2n) is 12.0. The van der Waals surface area contributed by atoms with Crippen molar-refractivity contribution in [3.8, 4) is 0 Å². The lowest BCUT2D eigenvalue weighted by Crippen LogP contribution is -2.51. The summed E-state index contributed by atoms with van der Waals surface area (Å²) in [6, 6.07) is 18.7. The van der Waals surface area contributed by atoms with Crippen molar-refractivity contribution in [2.24, 2.45) is 5.92 Å². The molecular formula is C33H44N6O4S2. The number of nitrogens with one attached hydrogen (secondary N) is 2. The number of likely N-dealkylation sites (N-methyl/N-ethyl adjacent to an activating group) is 1. The van der Waals surface area contributed by atoms with E-state index >= 15 is 0 Å². The highest BCUT2D eigenvalue weighted by Gasteiger charge is 2.32. The number of hydrogen-bond acceptors (Lipinski definition) is 9. The van der Waals surface area contributed by atoms with E-state index in [9.17, 15) is 18.3 Å². The number of amides is 1. The molecule has 0 unspecified atom stereocenters. The molecule has 12 heteroatoms. The number of aliphatic hydroxyl groups is 1. The Morgan fingerprint density at radius 2 is 1.78 bits per heavy atom. The Morgan fingerprint density at radius 1 is 1.04 bits per heavy atom. The molecule has 1 heterocycles. The van der Waals surface area contributed by atoms with Crippen LogP contribution < -0.4 is 16.4 Å². The van der Waals surface area contributed by atoms with Crippen molar-refractivity contribution < 1.29 is 18.3 Å². The van der Waals surface area contributed by atoms with E-state index in [1.54, 1.807) is 43.3 Å². The number of hydrogen-bond donors (Lipinski definition) is 4. The first-order valence-corrected chi connectivity index (χ1v) is 17.3. The molecule has 45 heavy (non-hydrogen) atoms. The Labute approximate surface area is 270 Å². The van der Waals surface area contributed by atoms with Gasteiger partial charge in [-0.2, -0.15) is 4.31 Å². The molecular weight excluding hydrogens is 609 g/mol. The van der Waals surface area contributed by atoms with Crippen molar-refractivity contribution >= 4 is 48.3 Å². The molecule has 5 N–H and O–H groups in total. The molecule has 3 aromatic carbocycles. The number of carbonyl (C=O) groups is 1. The van der Waals surface area contributed by atoms with Crippen LogP contribution in [-0.2, 0) is 16.4 Å². The van der Waals surface area contributed by atoms with Crippen LogP contribution in [0.15, 0.2) is 71.6 Å². The maximum Gasteiger partial charge on any atom is 0.251 e. The van der Waals surface area contributed by atoms with E-state index in [0.717, 1.165) is 28.5 Å². The fraction of sp³-hybridized carbons (Fsp3) is 0.394. The van der Waals surface area contributed by atoms with Crippen molar-refractivity contribution in [1.82, 2.24) is 19.5 Å². The zero-order chi connectivity index (χ0) is 32.7. The van der Waals surface area contributed by atoms with E-state index < -0.39 is 22.2 Å². The summed E-state index contributed by atoms with van der Waals surface area (Å²) in [4.78, 5) is 20.2. The van der Waals surface area contributed by atoms with Gasteiger partial charge in [0, 0.05) is 37.4 Å². The monoisotopic (exact) mass is 652 g/mol. The zero-order valence-corrected chi connectivity index (χ0v) is 28.2. The molecule has 0 aliphatic rings. The first kappa shape index (κ1) is 34.3. The SMILES string of the molecule is Cc1c(N)cccc1C(=O)N[C@@H](Cc1ccccc1)[C@H](O)CN(CC(C)C)S(=O)(=O)c1ccc2nc(NCCN(C)C)sc2c1. The van der Waals surface area contributed by atoms with Gasteiger partial charge in [0.2, 0.25) is 10.0 Å². The predicted octanol–water partition coefficient (Wildman–Crippen LogP) is 4.21. The topological polar surface area (TPSA) is 141 Å². The molecule has 0 aliphatic carbocycles. The molecule has 242 valence electrons. The van der Waals surface area contributed by atoms with Gasteiger partial charge in [-0.3, -0.25) is 4.79 Å². The van der Waals surface area contributed by atoms with Crippen LogP contribution in [0, 0.1) is 12.8 Å². The van der Waals surface area contributed by atoms with Gasteiger partial charge >= 0.3 is 0 Å². The number of rotatable bonds is 15. The number of nitrogens with zero attached hydrogens (tertiary/aromatic N) is 3. The van der Waals surface area contributed by atoms with Crippen LogP contribution in [0.4, 0.5) is 10.8 Å². The fourth-order valence-electron chi connectivity index (χ4n) is 4.99. The largest absolute Gasteiger partial charge is 0.398 e. The number of thiazole rings is 1. The first-order chi connectivity index (χ1) is 21.3. The molecule has 0 bridgehead atoms. The quantitative estimate of drug-likeness (QED) is 0.140. The molecule has 1 amide bonds. The summed E-state index contributed by atoms with van der Waals surface area (Å²) in [6.07, 6.45) is -0.898. The van der Waals surface area contributed by atoms with E-state index in [4.69, 9.17) is 5.73 Å². The lowest BCUT2D eigenvalue weighted by Gasteiger charge is -2.31. The summed E-state index contributed by atoms with van der Waals surface area (Å²) in [6.45, 7) is 7.18. The second-order valence-corrected chi connectivity index (χ2v) is 14.9. The van der Waals surface area contributed by atoms with Crippen molar-refractivity contribution in [2.75, 3.05) is 51.3 Å². The van der Waals surface area contributed by atoms with Crippen LogP contribution in [0.5, 0.6) is 0 Å². The maximum atomic E-state index is 14.1. The summed E-state index contributed by atoms with van der Waals surface area (Å²) >= 11 is 1.40. The van der Waals surface area contributed by atoms with E-state index in [1.807, 2.05) is 58.3 Å². The normalized spacial score (nSPS) is 13.4. The third kappa shape index (κ3) is 9.01. The van der Waals surface area contributed by atoms with E-state index in [-0.39, 0.29) is 29.8 Å². The van der Waals surface area contributed by atoms with Gasteiger partial charge in [0.15, 0.2) is 5.13 Å². The van der Waals surface area contributed by atoms with Crippen LogP contribution in [-0.4, -0.2) is 86.0 Å². The van der Waals surface area contributed by atoms with E-state index in [0.29, 0.717) is 28.8 Å². The van der Waals surface area contributed by atoms with E-state index in [2.05, 4.69) is 20.5 Å². The number of nitrogen functional groups attached to an aromatic ring is 1. The molecule has 0 saturated carbocycles. The Kier molecular flexibility index (Phi) is 11.6. The van der Waals surface area contributed by atoms with Gasteiger partial charge in [0.25, 0.3) is 5.91 Å². The highest BCUT2D eigenvalue weighted by Crippen LogP contribution is 2.30. The lowest BCUT2D eigenvalue weighted by atomic mass is 9.99. The van der Waals surface area contributed by atoms with E-state index in [1.165, 1.54) is 15.6 Å². The number of anilines is 2. The molecule has 2 atom stereocenters. The number of carbonyl (C=O) groups excluding carboxylic acids is 1. The standard InChI is InChI=1S/C33H44N6O4S2/c1-22(2)20-39(45(42,43)25-14-15-28-31(19-25)44-33(37-28)35-16-17-38(4)5)21-30(40)29(18-24-10-7-6-8-11-24)36-32(41)26-12-9-13-27(34)23(26)3/h6-15,19,22,29-30,40H,16-18,20-21,34H2,1-5H3,(H,35,37)(H,36,41)/t29-,30+/m0/s1. The van der Waals surface area contributed by atoms with Crippen LogP contribution in [0.25, 0.3) is 10.2 Å².